The number of carbonyl (C=O) groups excluding carboxylic acids is 2. The van der Waals surface area contributed by atoms with E-state index in [-0.39, 0.29) is 11.9 Å². The molecule has 23 heavy (non-hydrogen) atoms. The third-order valence-corrected chi connectivity index (χ3v) is 4.50. The predicted molar refractivity (Wildman–Crippen MR) is 80.2 cm³/mol. The summed E-state index contributed by atoms with van der Waals surface area (Å²) in [6.45, 7) is 5.57. The van der Waals surface area contributed by atoms with E-state index in [9.17, 15) is 9.59 Å². The zero-order valence-electron chi connectivity index (χ0n) is 13.2. The summed E-state index contributed by atoms with van der Waals surface area (Å²) in [6, 6.07) is 4.78. The Labute approximate surface area is 134 Å². The molecule has 1 aromatic rings. The second-order valence-electron chi connectivity index (χ2n) is 6.27. The molecule has 2 aliphatic heterocycles. The molecule has 124 valence electrons. The molecule has 1 aromatic carbocycles. The summed E-state index contributed by atoms with van der Waals surface area (Å²) in [7, 11) is 0. The van der Waals surface area contributed by atoms with Crippen LogP contribution >= 0.6 is 0 Å². The predicted octanol–water partition coefficient (Wildman–Crippen LogP) is 1.12. The number of hydrogen-bond donors (Lipinski definition) is 2. The number of nitrogens with zero attached hydrogens (tertiary/aromatic N) is 1. The number of rotatable bonds is 2. The topological polar surface area (TPSA) is 88.1 Å². The largest absolute Gasteiger partial charge is 0.491 e. The Hall–Kier alpha value is -2.12. The van der Waals surface area contributed by atoms with Crippen LogP contribution in [0, 0.1) is 5.41 Å². The van der Waals surface area contributed by atoms with Crippen molar-refractivity contribution in [2.75, 3.05) is 26.4 Å². The van der Waals surface area contributed by atoms with E-state index in [1.165, 1.54) is 0 Å². The highest BCUT2D eigenvalue weighted by Crippen LogP contribution is 2.37. The molecule has 3 rings (SSSR count). The Bertz CT molecular complexity index is 641. The van der Waals surface area contributed by atoms with E-state index in [1.54, 1.807) is 28.6 Å². The highest BCUT2D eigenvalue weighted by atomic mass is 16.5. The van der Waals surface area contributed by atoms with Crippen molar-refractivity contribution in [1.82, 2.24) is 10.4 Å². The van der Waals surface area contributed by atoms with Gasteiger partial charge in [0.15, 0.2) is 0 Å². The van der Waals surface area contributed by atoms with Crippen LogP contribution in [0.25, 0.3) is 0 Å². The van der Waals surface area contributed by atoms with Crippen LogP contribution in [0.15, 0.2) is 18.2 Å². The van der Waals surface area contributed by atoms with Crippen LogP contribution in [0.4, 0.5) is 0 Å². The third-order valence-electron chi connectivity index (χ3n) is 4.50. The molecule has 0 bridgehead atoms. The monoisotopic (exact) mass is 320 g/mol. The summed E-state index contributed by atoms with van der Waals surface area (Å²) in [5.41, 5.74) is 2.29. The van der Waals surface area contributed by atoms with Crippen molar-refractivity contribution < 1.29 is 24.3 Å². The molecule has 7 heteroatoms. The number of nitrogens with one attached hydrogen (secondary N) is 1. The Balaban J connectivity index is 1.89. The van der Waals surface area contributed by atoms with Gasteiger partial charge in [-0.3, -0.25) is 14.8 Å². The molecule has 0 aliphatic carbocycles. The summed E-state index contributed by atoms with van der Waals surface area (Å²) in [5, 5.41) is 8.73. The molecule has 7 nitrogen and oxygen atoms in total. The van der Waals surface area contributed by atoms with E-state index in [0.717, 1.165) is 5.56 Å². The minimum atomic E-state index is -0.597. The van der Waals surface area contributed by atoms with Crippen LogP contribution in [-0.4, -0.2) is 48.3 Å². The summed E-state index contributed by atoms with van der Waals surface area (Å²) >= 11 is 0. The number of fused-ring (bicyclic) bond motifs is 1. The lowest BCUT2D eigenvalue weighted by atomic mass is 9.86. The fraction of sp³-hybridized carbons (Fsp3) is 0.500. The van der Waals surface area contributed by atoms with Gasteiger partial charge in [0.05, 0.1) is 31.2 Å². The van der Waals surface area contributed by atoms with E-state index < -0.39 is 11.3 Å². The van der Waals surface area contributed by atoms with Crippen molar-refractivity contribution in [3.05, 3.63) is 29.3 Å². The minimum absolute atomic E-state index is 0.0601. The zero-order chi connectivity index (χ0) is 16.6. The van der Waals surface area contributed by atoms with Crippen LogP contribution < -0.4 is 10.2 Å². The normalized spacial score (nSPS) is 22.2. The number of benzene rings is 1. The smallest absolute Gasteiger partial charge is 0.274 e. The summed E-state index contributed by atoms with van der Waals surface area (Å²) < 4.78 is 10.9. The van der Waals surface area contributed by atoms with Gasteiger partial charge in [-0.25, -0.2) is 5.48 Å². The van der Waals surface area contributed by atoms with Gasteiger partial charge in [0.1, 0.15) is 12.4 Å². The van der Waals surface area contributed by atoms with Gasteiger partial charge in [-0.1, -0.05) is 6.07 Å². The lowest BCUT2D eigenvalue weighted by molar-refractivity contribution is -0.171. The molecule has 2 heterocycles. The maximum Gasteiger partial charge on any atom is 0.274 e. The van der Waals surface area contributed by atoms with Crippen molar-refractivity contribution in [2.45, 2.75) is 19.9 Å². The quantitative estimate of drug-likeness (QED) is 0.630. The molecule has 0 radical (unpaired) electrons. The van der Waals surface area contributed by atoms with Crippen molar-refractivity contribution >= 4 is 11.8 Å². The first kappa shape index (κ1) is 15.8. The van der Waals surface area contributed by atoms with E-state index in [2.05, 4.69) is 0 Å². The molecular formula is C16H20N2O5. The molecule has 0 spiro atoms. The molecule has 1 fully saturated rings. The summed E-state index contributed by atoms with van der Waals surface area (Å²) in [5.74, 6) is 0.0224. The zero-order valence-corrected chi connectivity index (χ0v) is 13.2. The van der Waals surface area contributed by atoms with Crippen molar-refractivity contribution in [3.63, 3.8) is 0 Å². The highest BCUT2D eigenvalue weighted by molar-refractivity contribution is 5.94. The fourth-order valence-corrected chi connectivity index (χ4v) is 2.98. The Morgan fingerprint density at radius 3 is 2.74 bits per heavy atom. The Kier molecular flexibility index (Phi) is 3.99. The van der Waals surface area contributed by atoms with Gasteiger partial charge in [-0.05, 0) is 26.0 Å². The van der Waals surface area contributed by atoms with Crippen molar-refractivity contribution in [1.29, 1.82) is 0 Å². The van der Waals surface area contributed by atoms with Gasteiger partial charge in [0, 0.05) is 11.1 Å². The first-order valence-corrected chi connectivity index (χ1v) is 7.56. The van der Waals surface area contributed by atoms with Crippen LogP contribution in [0.2, 0.25) is 0 Å². The molecule has 0 unspecified atom stereocenters. The van der Waals surface area contributed by atoms with E-state index in [1.807, 2.05) is 13.8 Å². The SMILES string of the molecule is C[C@H]1c2ccc(C(=O)NO)cc2OCCN1C(=O)C1(C)COC1. The van der Waals surface area contributed by atoms with E-state index in [0.29, 0.717) is 37.7 Å². The maximum atomic E-state index is 12.8. The standard InChI is InChI=1S/C16H20N2O5/c1-10-12-4-3-11(14(19)17-21)7-13(12)23-6-5-18(10)15(20)16(2)8-22-9-16/h3-4,7,10,21H,5-6,8-9H2,1-2H3,(H,17,19)/t10-/m0/s1. The second kappa shape index (κ2) is 5.82. The van der Waals surface area contributed by atoms with Crippen LogP contribution in [0.3, 0.4) is 0 Å². The average molecular weight is 320 g/mol. The molecular weight excluding hydrogens is 300 g/mol. The summed E-state index contributed by atoms with van der Waals surface area (Å²) in [6.07, 6.45) is 0. The number of amides is 2. The van der Waals surface area contributed by atoms with Gasteiger partial charge in [0.25, 0.3) is 5.91 Å². The van der Waals surface area contributed by atoms with E-state index >= 15 is 0 Å². The first-order chi connectivity index (χ1) is 11.0. The Morgan fingerprint density at radius 2 is 2.13 bits per heavy atom. The molecule has 2 aliphatic rings. The molecule has 2 amide bonds. The van der Waals surface area contributed by atoms with Crippen LogP contribution in [0.1, 0.15) is 35.8 Å². The molecule has 2 N–H and O–H groups in total. The molecule has 1 saturated heterocycles. The fourth-order valence-electron chi connectivity index (χ4n) is 2.98. The molecule has 0 aromatic heterocycles. The van der Waals surface area contributed by atoms with Crippen molar-refractivity contribution in [3.8, 4) is 5.75 Å². The van der Waals surface area contributed by atoms with Crippen LogP contribution in [0.5, 0.6) is 5.75 Å². The van der Waals surface area contributed by atoms with Crippen molar-refractivity contribution in [2.24, 2.45) is 5.41 Å². The number of hydrogen-bond acceptors (Lipinski definition) is 5. The summed E-state index contributed by atoms with van der Waals surface area (Å²) in [4.78, 5) is 26.1. The molecule has 0 saturated carbocycles. The first-order valence-electron chi connectivity index (χ1n) is 7.56. The number of hydroxylamine groups is 1. The number of ether oxygens (including phenoxy) is 2. The maximum absolute atomic E-state index is 12.8. The highest BCUT2D eigenvalue weighted by Gasteiger charge is 2.45. The minimum Gasteiger partial charge on any atom is -0.491 e. The molecule has 1 atom stereocenters. The average Bonchev–Trinajstić information content (AvgIpc) is 2.70. The van der Waals surface area contributed by atoms with Gasteiger partial charge < -0.3 is 14.4 Å². The number of carbonyl (C=O) groups is 2. The van der Waals surface area contributed by atoms with E-state index in [4.69, 9.17) is 14.7 Å². The van der Waals surface area contributed by atoms with Gasteiger partial charge >= 0.3 is 0 Å². The van der Waals surface area contributed by atoms with Crippen LogP contribution in [-0.2, 0) is 9.53 Å². The van der Waals surface area contributed by atoms with Gasteiger partial charge in [-0.15, -0.1) is 0 Å². The third kappa shape index (κ3) is 2.66. The Morgan fingerprint density at radius 1 is 1.39 bits per heavy atom. The lowest BCUT2D eigenvalue weighted by Crippen LogP contribution is -2.54. The lowest BCUT2D eigenvalue weighted by Gasteiger charge is -2.41. The second-order valence-corrected chi connectivity index (χ2v) is 6.27. The van der Waals surface area contributed by atoms with Gasteiger partial charge in [-0.2, -0.15) is 0 Å². The van der Waals surface area contributed by atoms with Gasteiger partial charge in [0.2, 0.25) is 5.91 Å².